The predicted molar refractivity (Wildman–Crippen MR) is 66.7 cm³/mol. The Morgan fingerprint density at radius 1 is 1.50 bits per heavy atom. The van der Waals surface area contributed by atoms with Gasteiger partial charge in [-0.15, -0.1) is 0 Å². The molecule has 0 radical (unpaired) electrons. The number of hydrogen-bond donors (Lipinski definition) is 1. The van der Waals surface area contributed by atoms with Gasteiger partial charge in [0, 0.05) is 30.0 Å². The molecule has 16 heavy (non-hydrogen) atoms. The van der Waals surface area contributed by atoms with Crippen LogP contribution in [0.2, 0.25) is 0 Å². The second-order valence-corrected chi connectivity index (χ2v) is 4.77. The van der Waals surface area contributed by atoms with Crippen LogP contribution in [0.3, 0.4) is 0 Å². The Labute approximate surface area is 99.5 Å². The maximum Gasteiger partial charge on any atom is 0.196 e. The Morgan fingerprint density at radius 3 is 3.06 bits per heavy atom. The van der Waals surface area contributed by atoms with E-state index in [1.54, 1.807) is 17.5 Å². The lowest BCUT2D eigenvalue weighted by Crippen LogP contribution is -2.24. The molecule has 0 spiro atoms. The molecule has 2 aromatic heterocycles. The van der Waals surface area contributed by atoms with Crippen LogP contribution in [0.15, 0.2) is 27.4 Å². The molecule has 4 heteroatoms. The molecule has 0 aliphatic heterocycles. The lowest BCUT2D eigenvalue weighted by atomic mass is 10.3. The molecule has 0 unspecified atom stereocenters. The molecular formula is C12H16N2OS. The summed E-state index contributed by atoms with van der Waals surface area (Å²) in [7, 11) is 0. The highest BCUT2D eigenvalue weighted by Gasteiger charge is 2.06. The Morgan fingerprint density at radius 2 is 2.38 bits per heavy atom. The van der Waals surface area contributed by atoms with Crippen molar-refractivity contribution >= 4 is 11.3 Å². The number of nitrogens with one attached hydrogen (secondary N) is 1. The number of nitrogens with zero attached hydrogens (tertiary/aromatic N) is 1. The average Bonchev–Trinajstić information content (AvgIpc) is 2.85. The molecule has 0 aliphatic carbocycles. The summed E-state index contributed by atoms with van der Waals surface area (Å²) in [6.45, 7) is 5.17. The van der Waals surface area contributed by atoms with Crippen molar-refractivity contribution in [1.82, 2.24) is 10.3 Å². The number of aromatic nitrogens is 1. The van der Waals surface area contributed by atoms with Crippen LogP contribution in [0.5, 0.6) is 0 Å². The molecule has 1 N–H and O–H groups in total. The monoisotopic (exact) mass is 236 g/mol. The van der Waals surface area contributed by atoms with Gasteiger partial charge in [-0.25, -0.2) is 4.98 Å². The van der Waals surface area contributed by atoms with Crippen molar-refractivity contribution < 1.29 is 4.42 Å². The van der Waals surface area contributed by atoms with Gasteiger partial charge >= 0.3 is 0 Å². The molecule has 2 heterocycles. The van der Waals surface area contributed by atoms with E-state index in [0.29, 0.717) is 6.04 Å². The van der Waals surface area contributed by atoms with Gasteiger partial charge in [-0.3, -0.25) is 0 Å². The second-order valence-electron chi connectivity index (χ2n) is 3.99. The maximum atomic E-state index is 5.67. The molecule has 0 bridgehead atoms. The van der Waals surface area contributed by atoms with Crippen molar-refractivity contribution in [3.8, 4) is 11.3 Å². The molecule has 2 aromatic rings. The Hall–Kier alpha value is -1.13. The molecule has 0 saturated heterocycles. The van der Waals surface area contributed by atoms with E-state index in [1.807, 2.05) is 11.4 Å². The van der Waals surface area contributed by atoms with Gasteiger partial charge in [0.05, 0.1) is 6.20 Å². The van der Waals surface area contributed by atoms with Crippen molar-refractivity contribution in [3.63, 3.8) is 0 Å². The third-order valence-corrected chi connectivity index (χ3v) is 2.93. The molecule has 0 aromatic carbocycles. The van der Waals surface area contributed by atoms with Gasteiger partial charge in [0.25, 0.3) is 0 Å². The number of rotatable bonds is 5. The van der Waals surface area contributed by atoms with Crippen molar-refractivity contribution in [2.75, 3.05) is 6.54 Å². The fourth-order valence-corrected chi connectivity index (χ4v) is 2.08. The molecule has 0 fully saturated rings. The number of thiophene rings is 1. The Balaban J connectivity index is 1.93. The first kappa shape index (κ1) is 11.4. The summed E-state index contributed by atoms with van der Waals surface area (Å²) in [4.78, 5) is 4.27. The fourth-order valence-electron chi connectivity index (χ4n) is 1.43. The topological polar surface area (TPSA) is 38.1 Å². The van der Waals surface area contributed by atoms with Gasteiger partial charge in [0.15, 0.2) is 11.7 Å². The van der Waals surface area contributed by atoms with E-state index in [0.717, 1.165) is 30.2 Å². The van der Waals surface area contributed by atoms with E-state index >= 15 is 0 Å². The van der Waals surface area contributed by atoms with Gasteiger partial charge in [-0.2, -0.15) is 11.3 Å². The van der Waals surface area contributed by atoms with Gasteiger partial charge in [0.2, 0.25) is 0 Å². The van der Waals surface area contributed by atoms with Crippen LogP contribution in [-0.2, 0) is 6.42 Å². The highest BCUT2D eigenvalue weighted by Crippen LogP contribution is 2.22. The van der Waals surface area contributed by atoms with Crippen LogP contribution in [0, 0.1) is 0 Å². The Kier molecular flexibility index (Phi) is 3.74. The zero-order valence-corrected chi connectivity index (χ0v) is 10.4. The first-order chi connectivity index (χ1) is 7.75. The van der Waals surface area contributed by atoms with E-state index in [1.165, 1.54) is 0 Å². The summed E-state index contributed by atoms with van der Waals surface area (Å²) in [5.41, 5.74) is 1.11. The van der Waals surface area contributed by atoms with Gasteiger partial charge in [-0.05, 0) is 11.4 Å². The summed E-state index contributed by atoms with van der Waals surface area (Å²) in [5.74, 6) is 1.66. The van der Waals surface area contributed by atoms with Crippen LogP contribution >= 0.6 is 11.3 Å². The Bertz CT molecular complexity index is 420. The molecule has 0 amide bonds. The second kappa shape index (κ2) is 5.27. The summed E-state index contributed by atoms with van der Waals surface area (Å²) in [5, 5.41) is 7.45. The highest BCUT2D eigenvalue weighted by molar-refractivity contribution is 7.08. The minimum absolute atomic E-state index is 0.506. The zero-order chi connectivity index (χ0) is 11.4. The summed E-state index contributed by atoms with van der Waals surface area (Å²) >= 11 is 1.67. The van der Waals surface area contributed by atoms with E-state index in [-0.39, 0.29) is 0 Å². The van der Waals surface area contributed by atoms with E-state index in [9.17, 15) is 0 Å². The lowest BCUT2D eigenvalue weighted by molar-refractivity contribution is 0.485. The van der Waals surface area contributed by atoms with Crippen molar-refractivity contribution in [1.29, 1.82) is 0 Å². The summed E-state index contributed by atoms with van der Waals surface area (Å²) in [6.07, 6.45) is 2.63. The largest absolute Gasteiger partial charge is 0.441 e. The van der Waals surface area contributed by atoms with Crippen LogP contribution in [0.4, 0.5) is 0 Å². The minimum atomic E-state index is 0.506. The lowest BCUT2D eigenvalue weighted by Gasteiger charge is -2.05. The van der Waals surface area contributed by atoms with Crippen LogP contribution in [-0.4, -0.2) is 17.6 Å². The standard InChI is InChI=1S/C12H16N2OS/c1-9(2)13-5-3-12-14-7-11(15-12)10-4-6-16-8-10/h4,6-9,13H,3,5H2,1-2H3. The van der Waals surface area contributed by atoms with Crippen LogP contribution in [0.25, 0.3) is 11.3 Å². The van der Waals surface area contributed by atoms with E-state index < -0.39 is 0 Å². The minimum Gasteiger partial charge on any atom is -0.441 e. The SMILES string of the molecule is CC(C)NCCc1ncc(-c2ccsc2)o1. The molecule has 0 aliphatic rings. The van der Waals surface area contributed by atoms with Crippen molar-refractivity contribution in [2.45, 2.75) is 26.3 Å². The van der Waals surface area contributed by atoms with E-state index in [2.05, 4.69) is 29.5 Å². The van der Waals surface area contributed by atoms with Gasteiger partial charge in [-0.1, -0.05) is 13.8 Å². The van der Waals surface area contributed by atoms with E-state index in [4.69, 9.17) is 4.42 Å². The van der Waals surface area contributed by atoms with Gasteiger partial charge in [0.1, 0.15) is 0 Å². The molecule has 3 nitrogen and oxygen atoms in total. The smallest absolute Gasteiger partial charge is 0.196 e. The third-order valence-electron chi connectivity index (χ3n) is 2.25. The van der Waals surface area contributed by atoms with Crippen molar-refractivity contribution in [3.05, 3.63) is 28.9 Å². The molecule has 0 atom stereocenters. The predicted octanol–water partition coefficient (Wildman–Crippen LogP) is 2.94. The molecule has 2 rings (SSSR count). The normalized spacial score (nSPS) is 11.2. The summed E-state index contributed by atoms with van der Waals surface area (Å²) < 4.78 is 5.67. The number of hydrogen-bond acceptors (Lipinski definition) is 4. The highest BCUT2D eigenvalue weighted by atomic mass is 32.1. The van der Waals surface area contributed by atoms with Crippen LogP contribution in [0.1, 0.15) is 19.7 Å². The average molecular weight is 236 g/mol. The third kappa shape index (κ3) is 2.93. The first-order valence-electron chi connectivity index (χ1n) is 5.46. The van der Waals surface area contributed by atoms with Crippen LogP contribution < -0.4 is 5.32 Å². The fraction of sp³-hybridized carbons (Fsp3) is 0.417. The van der Waals surface area contributed by atoms with Gasteiger partial charge < -0.3 is 9.73 Å². The first-order valence-corrected chi connectivity index (χ1v) is 6.40. The molecule has 86 valence electrons. The number of oxazole rings is 1. The quantitative estimate of drug-likeness (QED) is 0.867. The summed E-state index contributed by atoms with van der Waals surface area (Å²) in [6, 6.07) is 2.55. The molecular weight excluding hydrogens is 220 g/mol. The maximum absolute atomic E-state index is 5.67. The van der Waals surface area contributed by atoms with Crippen molar-refractivity contribution in [2.24, 2.45) is 0 Å². The zero-order valence-electron chi connectivity index (χ0n) is 9.56. The molecule has 0 saturated carbocycles.